The van der Waals surface area contributed by atoms with Gasteiger partial charge in [0.2, 0.25) is 0 Å². The molecule has 0 spiro atoms. The first-order valence-corrected chi connectivity index (χ1v) is 3.90. The molecule has 1 heterocycles. The molecule has 0 atom stereocenters. The van der Waals surface area contributed by atoms with Crippen LogP contribution >= 0.6 is 0 Å². The van der Waals surface area contributed by atoms with Crippen molar-refractivity contribution in [1.82, 2.24) is 0 Å². The zero-order chi connectivity index (χ0) is 9.26. The zero-order valence-corrected chi connectivity index (χ0v) is 7.44. The van der Waals surface area contributed by atoms with Gasteiger partial charge in [0.1, 0.15) is 11.5 Å². The molecule has 1 aliphatic heterocycles. The fourth-order valence-corrected chi connectivity index (χ4v) is 1.24. The molecule has 0 saturated carbocycles. The van der Waals surface area contributed by atoms with Crippen LogP contribution in [0.3, 0.4) is 0 Å². The Labute approximate surface area is 75.9 Å². The maximum atomic E-state index is 5.15. The van der Waals surface area contributed by atoms with Crippen LogP contribution < -0.4 is 9.47 Å². The van der Waals surface area contributed by atoms with Crippen molar-refractivity contribution >= 4 is 0 Å². The van der Waals surface area contributed by atoms with Gasteiger partial charge in [0.15, 0.2) is 0 Å². The van der Waals surface area contributed by atoms with Crippen molar-refractivity contribution in [2.45, 2.75) is 6.29 Å². The molecule has 0 bridgehead atoms. The summed E-state index contributed by atoms with van der Waals surface area (Å²) in [6, 6.07) is 5.52. The Morgan fingerprint density at radius 1 is 1.08 bits per heavy atom. The van der Waals surface area contributed by atoms with Gasteiger partial charge in [-0.1, -0.05) is 6.07 Å². The van der Waals surface area contributed by atoms with E-state index in [0.717, 1.165) is 5.56 Å². The molecular formula is C9H10O4. The normalized spacial score (nSPS) is 15.5. The lowest BCUT2D eigenvalue weighted by Gasteiger charge is -2.08. The van der Waals surface area contributed by atoms with Crippen LogP contribution in [-0.2, 0) is 9.78 Å². The maximum Gasteiger partial charge on any atom is 0.256 e. The summed E-state index contributed by atoms with van der Waals surface area (Å²) < 4.78 is 10.3. The lowest BCUT2D eigenvalue weighted by atomic mass is 10.2. The number of hydrogen-bond donors (Lipinski definition) is 0. The van der Waals surface area contributed by atoms with Gasteiger partial charge in [0.05, 0.1) is 19.8 Å². The smallest absolute Gasteiger partial charge is 0.256 e. The van der Waals surface area contributed by atoms with Gasteiger partial charge in [0.25, 0.3) is 6.29 Å². The maximum absolute atomic E-state index is 5.15. The van der Waals surface area contributed by atoms with E-state index >= 15 is 0 Å². The highest BCUT2D eigenvalue weighted by atomic mass is 17.4. The van der Waals surface area contributed by atoms with Crippen LogP contribution in [0.4, 0.5) is 0 Å². The molecule has 2 rings (SSSR count). The topological polar surface area (TPSA) is 43.5 Å². The molecule has 1 fully saturated rings. The molecule has 1 aromatic rings. The average molecular weight is 182 g/mol. The number of methoxy groups -OCH3 is 2. The summed E-state index contributed by atoms with van der Waals surface area (Å²) in [5.74, 6) is 1.42. The fourth-order valence-electron chi connectivity index (χ4n) is 1.24. The summed E-state index contributed by atoms with van der Waals surface area (Å²) in [6.45, 7) is 0. The van der Waals surface area contributed by atoms with Gasteiger partial charge in [0, 0.05) is 0 Å². The van der Waals surface area contributed by atoms with Crippen LogP contribution in [-0.4, -0.2) is 14.2 Å². The Morgan fingerprint density at radius 3 is 2.00 bits per heavy atom. The zero-order valence-electron chi connectivity index (χ0n) is 7.44. The largest absolute Gasteiger partial charge is 0.496 e. The third kappa shape index (κ3) is 1.46. The molecule has 1 aliphatic rings. The lowest BCUT2D eigenvalue weighted by molar-refractivity contribution is 0.0850. The molecule has 0 aromatic heterocycles. The average Bonchev–Trinajstić information content (AvgIpc) is 3.00. The van der Waals surface area contributed by atoms with Gasteiger partial charge in [-0.25, -0.2) is 0 Å². The summed E-state index contributed by atoms with van der Waals surface area (Å²) in [5, 5.41) is 0. The second kappa shape index (κ2) is 3.24. The molecular weight excluding hydrogens is 172 g/mol. The predicted octanol–water partition coefficient (Wildman–Crippen LogP) is 1.66. The molecule has 0 N–H and O–H groups in total. The molecule has 0 unspecified atom stereocenters. The SMILES string of the molecule is COc1cccc(OC)c1C1OO1. The number of ether oxygens (including phenoxy) is 2. The Morgan fingerprint density at radius 2 is 1.62 bits per heavy atom. The van der Waals surface area contributed by atoms with Crippen molar-refractivity contribution in [3.05, 3.63) is 23.8 Å². The molecule has 1 aromatic carbocycles. The first-order chi connectivity index (χ1) is 6.36. The predicted molar refractivity (Wildman–Crippen MR) is 44.5 cm³/mol. The van der Waals surface area contributed by atoms with Crippen LogP contribution in [0.1, 0.15) is 11.9 Å². The standard InChI is InChI=1S/C9H10O4/c1-10-6-4-3-5-7(11-2)8(6)9-12-13-9/h3-5,9H,1-2H3. The van der Waals surface area contributed by atoms with Crippen molar-refractivity contribution in [1.29, 1.82) is 0 Å². The number of benzene rings is 1. The van der Waals surface area contributed by atoms with E-state index < -0.39 is 0 Å². The second-order valence-electron chi connectivity index (χ2n) is 2.60. The van der Waals surface area contributed by atoms with E-state index in [0.29, 0.717) is 11.5 Å². The van der Waals surface area contributed by atoms with Gasteiger partial charge in [-0.2, -0.15) is 9.78 Å². The highest BCUT2D eigenvalue weighted by Crippen LogP contribution is 2.43. The molecule has 70 valence electrons. The van der Waals surface area contributed by atoms with Gasteiger partial charge in [-0.15, -0.1) is 0 Å². The Balaban J connectivity index is 2.44. The van der Waals surface area contributed by atoms with E-state index in [-0.39, 0.29) is 6.29 Å². The Kier molecular flexibility index (Phi) is 2.08. The van der Waals surface area contributed by atoms with Gasteiger partial charge >= 0.3 is 0 Å². The monoisotopic (exact) mass is 182 g/mol. The second-order valence-corrected chi connectivity index (χ2v) is 2.60. The van der Waals surface area contributed by atoms with E-state index in [2.05, 4.69) is 0 Å². The third-order valence-corrected chi connectivity index (χ3v) is 1.89. The molecule has 4 heteroatoms. The summed E-state index contributed by atoms with van der Waals surface area (Å²) >= 11 is 0. The lowest BCUT2D eigenvalue weighted by Crippen LogP contribution is -1.94. The molecule has 0 aliphatic carbocycles. The molecule has 1 saturated heterocycles. The molecule has 0 amide bonds. The summed E-state index contributed by atoms with van der Waals surface area (Å²) in [4.78, 5) is 9.44. The first-order valence-electron chi connectivity index (χ1n) is 3.90. The van der Waals surface area contributed by atoms with E-state index in [4.69, 9.17) is 19.2 Å². The molecule has 0 radical (unpaired) electrons. The fraction of sp³-hybridized carbons (Fsp3) is 0.333. The van der Waals surface area contributed by atoms with Crippen LogP contribution in [0.2, 0.25) is 0 Å². The summed E-state index contributed by atoms with van der Waals surface area (Å²) in [7, 11) is 3.20. The van der Waals surface area contributed by atoms with E-state index in [1.807, 2.05) is 18.2 Å². The van der Waals surface area contributed by atoms with E-state index in [1.165, 1.54) is 0 Å². The van der Waals surface area contributed by atoms with E-state index in [1.54, 1.807) is 14.2 Å². The first kappa shape index (κ1) is 8.34. The summed E-state index contributed by atoms with van der Waals surface area (Å²) in [6.07, 6.45) is -0.342. The summed E-state index contributed by atoms with van der Waals surface area (Å²) in [5.41, 5.74) is 0.799. The number of hydrogen-bond acceptors (Lipinski definition) is 4. The highest BCUT2D eigenvalue weighted by Gasteiger charge is 2.34. The Bertz CT molecular complexity index is 284. The van der Waals surface area contributed by atoms with E-state index in [9.17, 15) is 0 Å². The van der Waals surface area contributed by atoms with Crippen molar-refractivity contribution in [3.63, 3.8) is 0 Å². The van der Waals surface area contributed by atoms with Crippen molar-refractivity contribution in [3.8, 4) is 11.5 Å². The van der Waals surface area contributed by atoms with Gasteiger partial charge in [-0.05, 0) is 12.1 Å². The Hall–Kier alpha value is -1.26. The van der Waals surface area contributed by atoms with Crippen LogP contribution in [0.15, 0.2) is 18.2 Å². The quantitative estimate of drug-likeness (QED) is 0.526. The third-order valence-electron chi connectivity index (χ3n) is 1.89. The van der Waals surface area contributed by atoms with Crippen LogP contribution in [0.25, 0.3) is 0 Å². The minimum atomic E-state index is -0.342. The minimum Gasteiger partial charge on any atom is -0.496 e. The number of rotatable bonds is 3. The van der Waals surface area contributed by atoms with Gasteiger partial charge < -0.3 is 9.47 Å². The highest BCUT2D eigenvalue weighted by molar-refractivity contribution is 5.46. The van der Waals surface area contributed by atoms with Crippen molar-refractivity contribution in [2.24, 2.45) is 0 Å². The van der Waals surface area contributed by atoms with Crippen LogP contribution in [0.5, 0.6) is 11.5 Å². The van der Waals surface area contributed by atoms with Gasteiger partial charge in [-0.3, -0.25) is 0 Å². The van der Waals surface area contributed by atoms with Crippen molar-refractivity contribution in [2.75, 3.05) is 14.2 Å². The van der Waals surface area contributed by atoms with Crippen molar-refractivity contribution < 1.29 is 19.2 Å². The van der Waals surface area contributed by atoms with Crippen LogP contribution in [0, 0.1) is 0 Å². The minimum absolute atomic E-state index is 0.342. The molecule has 4 nitrogen and oxygen atoms in total. The molecule has 13 heavy (non-hydrogen) atoms.